The smallest absolute Gasteiger partial charge is 0.276 e. The van der Waals surface area contributed by atoms with Crippen molar-refractivity contribution in [2.75, 3.05) is 24.3 Å². The van der Waals surface area contributed by atoms with Crippen LogP contribution in [0.4, 0.5) is 11.4 Å². The van der Waals surface area contributed by atoms with Crippen LogP contribution in [0.5, 0.6) is 0 Å². The predicted molar refractivity (Wildman–Crippen MR) is 100 cm³/mol. The summed E-state index contributed by atoms with van der Waals surface area (Å²) in [7, 11) is 3.97. The molecule has 1 aromatic heterocycles. The van der Waals surface area contributed by atoms with Crippen LogP contribution in [0.2, 0.25) is 0 Å². The summed E-state index contributed by atoms with van der Waals surface area (Å²) in [6.45, 7) is 10.5. The van der Waals surface area contributed by atoms with Crippen molar-refractivity contribution in [2.24, 2.45) is 0 Å². The van der Waals surface area contributed by atoms with E-state index in [1.807, 2.05) is 54.0 Å². The topological polar surface area (TPSA) is 50.2 Å². The molecule has 130 valence electrons. The highest BCUT2D eigenvalue weighted by molar-refractivity contribution is 6.03. The third-order valence-electron chi connectivity index (χ3n) is 3.84. The zero-order valence-corrected chi connectivity index (χ0v) is 15.7. The molecule has 5 heteroatoms. The second-order valence-corrected chi connectivity index (χ2v) is 7.59. The lowest BCUT2D eigenvalue weighted by molar-refractivity contribution is 0.102. The van der Waals surface area contributed by atoms with Crippen LogP contribution in [-0.2, 0) is 5.54 Å². The van der Waals surface area contributed by atoms with Gasteiger partial charge in [0.25, 0.3) is 5.91 Å². The fourth-order valence-electron chi connectivity index (χ4n) is 2.49. The van der Waals surface area contributed by atoms with Gasteiger partial charge in [-0.1, -0.05) is 13.8 Å². The molecule has 24 heavy (non-hydrogen) atoms. The number of amides is 1. The summed E-state index contributed by atoms with van der Waals surface area (Å²) in [4.78, 5) is 14.6. The van der Waals surface area contributed by atoms with Crippen molar-refractivity contribution in [3.8, 4) is 0 Å². The Kier molecular flexibility index (Phi) is 5.02. The van der Waals surface area contributed by atoms with E-state index in [1.165, 1.54) is 0 Å². The van der Waals surface area contributed by atoms with Crippen LogP contribution in [0.25, 0.3) is 0 Å². The standard InChI is InChI=1S/C19H28N4O/c1-13(2)17-12-16(21-23(17)19(3,4)5)18(24)20-14-8-10-15(11-9-14)22(6)7/h8-13H,1-7H3,(H,20,24). The fourth-order valence-corrected chi connectivity index (χ4v) is 2.49. The monoisotopic (exact) mass is 328 g/mol. The van der Waals surface area contributed by atoms with Crippen LogP contribution in [0, 0.1) is 0 Å². The molecular formula is C19H28N4O. The Morgan fingerprint density at radius 1 is 1.17 bits per heavy atom. The quantitative estimate of drug-likeness (QED) is 0.920. The van der Waals surface area contributed by atoms with Crippen molar-refractivity contribution in [2.45, 2.75) is 46.1 Å². The number of hydrogen-bond acceptors (Lipinski definition) is 3. The Hall–Kier alpha value is -2.30. The number of hydrogen-bond donors (Lipinski definition) is 1. The number of nitrogens with zero attached hydrogens (tertiary/aromatic N) is 3. The van der Waals surface area contributed by atoms with Crippen molar-refractivity contribution in [1.29, 1.82) is 0 Å². The molecule has 5 nitrogen and oxygen atoms in total. The zero-order valence-electron chi connectivity index (χ0n) is 15.7. The van der Waals surface area contributed by atoms with E-state index in [2.05, 4.69) is 45.0 Å². The van der Waals surface area contributed by atoms with Crippen LogP contribution >= 0.6 is 0 Å². The Morgan fingerprint density at radius 3 is 2.17 bits per heavy atom. The Bertz CT molecular complexity index is 706. The maximum atomic E-state index is 12.6. The maximum Gasteiger partial charge on any atom is 0.276 e. The minimum atomic E-state index is -0.183. The summed E-state index contributed by atoms with van der Waals surface area (Å²) >= 11 is 0. The molecule has 1 amide bonds. The molecule has 1 heterocycles. The van der Waals surface area contributed by atoms with E-state index < -0.39 is 0 Å². The average molecular weight is 328 g/mol. The number of carbonyl (C=O) groups is 1. The van der Waals surface area contributed by atoms with Crippen LogP contribution in [0.1, 0.15) is 56.7 Å². The zero-order chi connectivity index (χ0) is 18.1. The van der Waals surface area contributed by atoms with Gasteiger partial charge < -0.3 is 10.2 Å². The number of benzene rings is 1. The number of nitrogens with one attached hydrogen (secondary N) is 1. The molecule has 2 rings (SSSR count). The van der Waals surface area contributed by atoms with Gasteiger partial charge in [-0.15, -0.1) is 0 Å². The third kappa shape index (κ3) is 3.96. The van der Waals surface area contributed by atoms with Crippen LogP contribution < -0.4 is 10.2 Å². The molecule has 2 aromatic rings. The van der Waals surface area contributed by atoms with Crippen molar-refractivity contribution in [3.05, 3.63) is 41.7 Å². The second-order valence-electron chi connectivity index (χ2n) is 7.59. The van der Waals surface area contributed by atoms with Gasteiger partial charge in [-0.3, -0.25) is 9.48 Å². The molecule has 0 aliphatic rings. The van der Waals surface area contributed by atoms with Gasteiger partial charge in [-0.25, -0.2) is 0 Å². The Morgan fingerprint density at radius 2 is 1.75 bits per heavy atom. The molecular weight excluding hydrogens is 300 g/mol. The molecule has 1 aromatic carbocycles. The second kappa shape index (κ2) is 6.67. The van der Waals surface area contributed by atoms with Gasteiger partial charge in [-0.05, 0) is 57.0 Å². The number of carbonyl (C=O) groups excluding carboxylic acids is 1. The van der Waals surface area contributed by atoms with Gasteiger partial charge in [0.15, 0.2) is 5.69 Å². The molecule has 0 aliphatic heterocycles. The van der Waals surface area contributed by atoms with E-state index >= 15 is 0 Å². The van der Waals surface area contributed by atoms with Crippen LogP contribution in [0.3, 0.4) is 0 Å². The Balaban J connectivity index is 2.24. The van der Waals surface area contributed by atoms with E-state index in [-0.39, 0.29) is 11.4 Å². The normalized spacial score (nSPS) is 11.7. The number of anilines is 2. The number of rotatable bonds is 4. The molecule has 0 saturated heterocycles. The molecule has 0 saturated carbocycles. The van der Waals surface area contributed by atoms with Crippen molar-refractivity contribution in [3.63, 3.8) is 0 Å². The lowest BCUT2D eigenvalue weighted by Crippen LogP contribution is -2.26. The van der Waals surface area contributed by atoms with Crippen molar-refractivity contribution in [1.82, 2.24) is 9.78 Å². The first-order chi connectivity index (χ1) is 11.1. The number of aromatic nitrogens is 2. The molecule has 0 spiro atoms. The van der Waals surface area contributed by atoms with Gasteiger partial charge in [-0.2, -0.15) is 5.10 Å². The highest BCUT2D eigenvalue weighted by Gasteiger charge is 2.23. The minimum Gasteiger partial charge on any atom is -0.378 e. The lowest BCUT2D eigenvalue weighted by Gasteiger charge is -2.23. The van der Waals surface area contributed by atoms with Gasteiger partial charge >= 0.3 is 0 Å². The van der Waals surface area contributed by atoms with Crippen molar-refractivity contribution >= 4 is 17.3 Å². The fraction of sp³-hybridized carbons (Fsp3) is 0.474. The van der Waals surface area contributed by atoms with E-state index in [1.54, 1.807) is 0 Å². The van der Waals surface area contributed by atoms with Gasteiger partial charge in [0, 0.05) is 31.2 Å². The molecule has 0 atom stereocenters. The maximum absolute atomic E-state index is 12.6. The predicted octanol–water partition coefficient (Wildman–Crippen LogP) is 4.08. The summed E-state index contributed by atoms with van der Waals surface area (Å²) in [5.41, 5.74) is 3.21. The average Bonchev–Trinajstić information content (AvgIpc) is 2.93. The summed E-state index contributed by atoms with van der Waals surface area (Å²) in [5, 5.41) is 7.46. The summed E-state index contributed by atoms with van der Waals surface area (Å²) in [5.74, 6) is 0.121. The van der Waals surface area contributed by atoms with E-state index in [0.29, 0.717) is 11.6 Å². The van der Waals surface area contributed by atoms with Crippen LogP contribution in [0.15, 0.2) is 30.3 Å². The molecule has 1 N–H and O–H groups in total. The highest BCUT2D eigenvalue weighted by Crippen LogP contribution is 2.24. The summed E-state index contributed by atoms with van der Waals surface area (Å²) in [6.07, 6.45) is 0. The minimum absolute atomic E-state index is 0.161. The van der Waals surface area contributed by atoms with Gasteiger partial charge in [0.05, 0.1) is 5.54 Å². The van der Waals surface area contributed by atoms with E-state index in [4.69, 9.17) is 0 Å². The first kappa shape index (κ1) is 18.0. The first-order valence-electron chi connectivity index (χ1n) is 8.29. The van der Waals surface area contributed by atoms with Crippen LogP contribution in [-0.4, -0.2) is 29.8 Å². The first-order valence-corrected chi connectivity index (χ1v) is 8.29. The molecule has 0 radical (unpaired) electrons. The summed E-state index contributed by atoms with van der Waals surface area (Å²) in [6, 6.07) is 9.64. The third-order valence-corrected chi connectivity index (χ3v) is 3.84. The molecule has 0 unspecified atom stereocenters. The molecule has 0 bridgehead atoms. The van der Waals surface area contributed by atoms with E-state index in [9.17, 15) is 4.79 Å². The highest BCUT2D eigenvalue weighted by atomic mass is 16.1. The largest absolute Gasteiger partial charge is 0.378 e. The molecule has 0 aliphatic carbocycles. The SMILES string of the molecule is CC(C)c1cc(C(=O)Nc2ccc(N(C)C)cc2)nn1C(C)(C)C. The Labute approximate surface area is 144 Å². The summed E-state index contributed by atoms with van der Waals surface area (Å²) < 4.78 is 1.95. The van der Waals surface area contributed by atoms with E-state index in [0.717, 1.165) is 17.1 Å². The molecule has 0 fully saturated rings. The van der Waals surface area contributed by atoms with Crippen molar-refractivity contribution < 1.29 is 4.79 Å². The lowest BCUT2D eigenvalue weighted by atomic mass is 10.1. The van der Waals surface area contributed by atoms with Gasteiger partial charge in [0.2, 0.25) is 0 Å². The van der Waals surface area contributed by atoms with Gasteiger partial charge in [0.1, 0.15) is 0 Å².